The number of hydrogen-bond acceptors (Lipinski definition) is 4. The molecule has 1 aliphatic rings. The molecule has 0 aromatic heterocycles. The van der Waals surface area contributed by atoms with Crippen LogP contribution in [0.5, 0.6) is 0 Å². The fraction of sp³-hybridized carbons (Fsp3) is 0.385. The molecule has 0 radical (unpaired) electrons. The molecule has 0 unspecified atom stereocenters. The molecule has 4 N–H and O–H groups in total. The number of ether oxygens (including phenoxy) is 1. The third-order valence-corrected chi connectivity index (χ3v) is 3.16. The molecule has 2 rings (SSSR count). The van der Waals surface area contributed by atoms with Gasteiger partial charge in [-0.2, -0.15) is 0 Å². The fourth-order valence-corrected chi connectivity index (χ4v) is 1.86. The highest BCUT2D eigenvalue weighted by atomic mass is 16.5. The zero-order valence-corrected chi connectivity index (χ0v) is 10.9. The number of benzene rings is 1. The van der Waals surface area contributed by atoms with Crippen LogP contribution in [0.25, 0.3) is 0 Å². The van der Waals surface area contributed by atoms with Gasteiger partial charge >= 0.3 is 0 Å². The van der Waals surface area contributed by atoms with E-state index in [-0.39, 0.29) is 11.7 Å². The highest BCUT2D eigenvalue weighted by Crippen LogP contribution is 2.21. The quantitative estimate of drug-likeness (QED) is 0.327. The van der Waals surface area contributed by atoms with Crippen LogP contribution < -0.4 is 11.1 Å². The molecule has 6 nitrogen and oxygen atoms in total. The Bertz CT molecular complexity index is 538. The lowest BCUT2D eigenvalue weighted by atomic mass is 10.0. The summed E-state index contributed by atoms with van der Waals surface area (Å²) in [6, 6.07) is 5.43. The SMILES string of the molecule is CC(C)(NC(=O)c1ccc2c(c1)COC2)C(N)=NO. The number of amidine groups is 1. The monoisotopic (exact) mass is 263 g/mol. The average molecular weight is 263 g/mol. The summed E-state index contributed by atoms with van der Waals surface area (Å²) in [7, 11) is 0. The lowest BCUT2D eigenvalue weighted by Crippen LogP contribution is -2.53. The van der Waals surface area contributed by atoms with Crippen molar-refractivity contribution in [1.29, 1.82) is 0 Å². The number of oxime groups is 1. The second-order valence-corrected chi connectivity index (χ2v) is 5.04. The van der Waals surface area contributed by atoms with Gasteiger partial charge in [-0.3, -0.25) is 4.79 Å². The normalized spacial score (nSPS) is 15.2. The van der Waals surface area contributed by atoms with Crippen molar-refractivity contribution in [1.82, 2.24) is 5.32 Å². The maximum absolute atomic E-state index is 12.1. The molecule has 1 aliphatic heterocycles. The van der Waals surface area contributed by atoms with E-state index in [9.17, 15) is 4.79 Å². The maximum Gasteiger partial charge on any atom is 0.252 e. The summed E-state index contributed by atoms with van der Waals surface area (Å²) in [6.07, 6.45) is 0. The minimum Gasteiger partial charge on any atom is -0.409 e. The highest BCUT2D eigenvalue weighted by molar-refractivity contribution is 6.00. The van der Waals surface area contributed by atoms with Gasteiger partial charge in [-0.25, -0.2) is 0 Å². The topological polar surface area (TPSA) is 96.9 Å². The molecule has 102 valence electrons. The van der Waals surface area contributed by atoms with Crippen molar-refractivity contribution >= 4 is 11.7 Å². The van der Waals surface area contributed by atoms with Crippen LogP contribution >= 0.6 is 0 Å². The number of nitrogens with one attached hydrogen (secondary N) is 1. The largest absolute Gasteiger partial charge is 0.409 e. The first-order chi connectivity index (χ1) is 8.94. The van der Waals surface area contributed by atoms with Crippen LogP contribution in [0.2, 0.25) is 0 Å². The van der Waals surface area contributed by atoms with Crippen molar-refractivity contribution in [3.63, 3.8) is 0 Å². The summed E-state index contributed by atoms with van der Waals surface area (Å²) in [5.74, 6) is -0.323. The zero-order chi connectivity index (χ0) is 14.0. The Balaban J connectivity index is 2.17. The van der Waals surface area contributed by atoms with Crippen LogP contribution in [0.1, 0.15) is 35.3 Å². The average Bonchev–Trinajstić information content (AvgIpc) is 2.84. The van der Waals surface area contributed by atoms with Gasteiger partial charge in [-0.05, 0) is 37.1 Å². The van der Waals surface area contributed by atoms with Crippen molar-refractivity contribution in [3.8, 4) is 0 Å². The minimum atomic E-state index is -0.915. The summed E-state index contributed by atoms with van der Waals surface area (Å²) < 4.78 is 5.30. The van der Waals surface area contributed by atoms with Gasteiger partial charge < -0.3 is 21.0 Å². The first-order valence-corrected chi connectivity index (χ1v) is 5.94. The van der Waals surface area contributed by atoms with Crippen molar-refractivity contribution in [2.24, 2.45) is 10.9 Å². The van der Waals surface area contributed by atoms with E-state index in [1.165, 1.54) is 0 Å². The van der Waals surface area contributed by atoms with Gasteiger partial charge in [0.1, 0.15) is 0 Å². The lowest BCUT2D eigenvalue weighted by molar-refractivity contribution is 0.0930. The van der Waals surface area contributed by atoms with Crippen LogP contribution in [0, 0.1) is 0 Å². The predicted molar refractivity (Wildman–Crippen MR) is 69.9 cm³/mol. The van der Waals surface area contributed by atoms with Crippen molar-refractivity contribution < 1.29 is 14.7 Å². The van der Waals surface area contributed by atoms with E-state index >= 15 is 0 Å². The predicted octanol–water partition coefficient (Wildman–Crippen LogP) is 0.972. The summed E-state index contributed by atoms with van der Waals surface area (Å²) in [5, 5.41) is 14.3. The smallest absolute Gasteiger partial charge is 0.252 e. The number of fused-ring (bicyclic) bond motifs is 1. The van der Waals surface area contributed by atoms with E-state index in [0.717, 1.165) is 11.1 Å². The van der Waals surface area contributed by atoms with Gasteiger partial charge in [-0.15, -0.1) is 0 Å². The molecule has 0 fully saturated rings. The molecule has 1 heterocycles. The first-order valence-electron chi connectivity index (χ1n) is 5.94. The maximum atomic E-state index is 12.1. The molecule has 0 bridgehead atoms. The van der Waals surface area contributed by atoms with Crippen LogP contribution in [-0.4, -0.2) is 22.5 Å². The van der Waals surface area contributed by atoms with Crippen molar-refractivity contribution in [2.45, 2.75) is 32.6 Å². The standard InChI is InChI=1S/C13H17N3O3/c1-13(2,12(14)16-18)15-11(17)8-3-4-9-6-19-7-10(9)5-8/h3-5,18H,6-7H2,1-2H3,(H2,14,16)(H,15,17). The molecule has 1 aromatic rings. The number of hydrogen-bond donors (Lipinski definition) is 3. The molecule has 0 atom stereocenters. The van der Waals surface area contributed by atoms with Crippen molar-refractivity contribution in [2.75, 3.05) is 0 Å². The van der Waals surface area contributed by atoms with Crippen LogP contribution in [0.3, 0.4) is 0 Å². The van der Waals surface area contributed by atoms with E-state index in [2.05, 4.69) is 10.5 Å². The Morgan fingerprint density at radius 1 is 1.42 bits per heavy atom. The molecule has 0 saturated heterocycles. The summed E-state index contributed by atoms with van der Waals surface area (Å²) in [4.78, 5) is 12.1. The molecule has 0 aliphatic carbocycles. The van der Waals surface area contributed by atoms with Crippen molar-refractivity contribution in [3.05, 3.63) is 34.9 Å². The third kappa shape index (κ3) is 2.68. The molecule has 19 heavy (non-hydrogen) atoms. The number of carbonyl (C=O) groups is 1. The second kappa shape index (κ2) is 4.89. The van der Waals surface area contributed by atoms with E-state index in [1.54, 1.807) is 26.0 Å². The highest BCUT2D eigenvalue weighted by Gasteiger charge is 2.26. The van der Waals surface area contributed by atoms with E-state index < -0.39 is 5.54 Å². The van der Waals surface area contributed by atoms with Gasteiger partial charge in [0, 0.05) is 5.56 Å². The molecule has 1 aromatic carbocycles. The number of nitrogens with zero attached hydrogens (tertiary/aromatic N) is 1. The first kappa shape index (κ1) is 13.4. The van der Waals surface area contributed by atoms with Crippen LogP contribution in [0.15, 0.2) is 23.4 Å². The Morgan fingerprint density at radius 3 is 2.79 bits per heavy atom. The molecular formula is C13H17N3O3. The van der Waals surface area contributed by atoms with E-state index in [4.69, 9.17) is 15.7 Å². The minimum absolute atomic E-state index is 0.0506. The Morgan fingerprint density at radius 2 is 2.11 bits per heavy atom. The molecular weight excluding hydrogens is 246 g/mol. The Kier molecular flexibility index (Phi) is 3.44. The third-order valence-electron chi connectivity index (χ3n) is 3.16. The zero-order valence-electron chi connectivity index (χ0n) is 10.9. The van der Waals surface area contributed by atoms with Crippen LogP contribution in [-0.2, 0) is 18.0 Å². The Hall–Kier alpha value is -2.08. The van der Waals surface area contributed by atoms with Crippen LogP contribution in [0.4, 0.5) is 0 Å². The summed E-state index contributed by atoms with van der Waals surface area (Å²) in [6.45, 7) is 4.44. The molecule has 1 amide bonds. The Labute approximate surface area is 111 Å². The van der Waals surface area contributed by atoms with E-state index in [0.29, 0.717) is 18.8 Å². The fourth-order valence-electron chi connectivity index (χ4n) is 1.86. The summed E-state index contributed by atoms with van der Waals surface area (Å²) >= 11 is 0. The van der Waals surface area contributed by atoms with E-state index in [1.807, 2.05) is 6.07 Å². The number of carbonyl (C=O) groups excluding carboxylic acids is 1. The second-order valence-electron chi connectivity index (χ2n) is 5.04. The molecule has 0 spiro atoms. The number of rotatable bonds is 3. The van der Waals surface area contributed by atoms with Gasteiger partial charge in [0.25, 0.3) is 5.91 Å². The molecule has 0 saturated carbocycles. The summed E-state index contributed by atoms with van der Waals surface area (Å²) in [5.41, 5.74) is 7.27. The van der Waals surface area contributed by atoms with Gasteiger partial charge in [0.2, 0.25) is 0 Å². The van der Waals surface area contributed by atoms with Gasteiger partial charge in [-0.1, -0.05) is 11.2 Å². The molecule has 6 heteroatoms. The van der Waals surface area contributed by atoms with Gasteiger partial charge in [0.05, 0.1) is 18.8 Å². The number of nitrogens with two attached hydrogens (primary N) is 1. The van der Waals surface area contributed by atoms with Gasteiger partial charge in [0.15, 0.2) is 5.84 Å². The number of amides is 1. The lowest BCUT2D eigenvalue weighted by Gasteiger charge is -2.24.